The molecule has 1 aliphatic heterocycles. The molecule has 3 nitrogen and oxygen atoms in total. The van der Waals surface area contributed by atoms with Gasteiger partial charge in [0, 0.05) is 25.6 Å². The Hall–Kier alpha value is -0.570. The van der Waals surface area contributed by atoms with E-state index in [9.17, 15) is 4.79 Å². The van der Waals surface area contributed by atoms with Crippen LogP contribution in [0.2, 0.25) is 0 Å². The van der Waals surface area contributed by atoms with Crippen molar-refractivity contribution in [3.05, 3.63) is 0 Å². The van der Waals surface area contributed by atoms with Gasteiger partial charge in [0.05, 0.1) is 0 Å². The molecule has 1 unspecified atom stereocenters. The molecular weight excluding hydrogens is 332 g/mol. The third kappa shape index (κ3) is 14.1. The highest BCUT2D eigenvalue weighted by Gasteiger charge is 2.19. The van der Waals surface area contributed by atoms with Gasteiger partial charge in [-0.2, -0.15) is 0 Å². The van der Waals surface area contributed by atoms with Crippen LogP contribution in [-0.2, 0) is 4.79 Å². The van der Waals surface area contributed by atoms with E-state index in [-0.39, 0.29) is 6.04 Å². The van der Waals surface area contributed by atoms with Gasteiger partial charge in [0.2, 0.25) is 5.91 Å². The van der Waals surface area contributed by atoms with E-state index in [1.54, 1.807) is 0 Å². The van der Waals surface area contributed by atoms with Crippen LogP contribution in [-0.4, -0.2) is 29.9 Å². The molecule has 1 amide bonds. The van der Waals surface area contributed by atoms with Gasteiger partial charge in [-0.05, 0) is 19.3 Å². The van der Waals surface area contributed by atoms with E-state index >= 15 is 0 Å². The number of likely N-dealkylation sites (tertiary alicyclic amines) is 1. The van der Waals surface area contributed by atoms with Crippen molar-refractivity contribution in [1.82, 2.24) is 4.90 Å². The van der Waals surface area contributed by atoms with Gasteiger partial charge in [-0.25, -0.2) is 0 Å². The Kier molecular flexibility index (Phi) is 15.9. The maximum atomic E-state index is 11.6. The van der Waals surface area contributed by atoms with E-state index in [1.165, 1.54) is 96.3 Å². The number of hydrogen-bond donors (Lipinski definition) is 1. The molecule has 1 fully saturated rings. The SMILES string of the molecule is CCCCCCCCCCCCCCCCCC(N)CCN1CCCC1=O. The molecule has 1 aliphatic rings. The minimum Gasteiger partial charge on any atom is -0.343 e. The van der Waals surface area contributed by atoms with Crippen molar-refractivity contribution in [2.45, 2.75) is 135 Å². The van der Waals surface area contributed by atoms with Crippen molar-refractivity contribution in [3.8, 4) is 0 Å². The van der Waals surface area contributed by atoms with Crippen LogP contribution < -0.4 is 5.73 Å². The van der Waals surface area contributed by atoms with Crippen LogP contribution in [0.25, 0.3) is 0 Å². The zero-order valence-electron chi connectivity index (χ0n) is 18.4. The fraction of sp³-hybridized carbons (Fsp3) is 0.958. The lowest BCUT2D eigenvalue weighted by Crippen LogP contribution is -2.31. The van der Waals surface area contributed by atoms with E-state index in [0.29, 0.717) is 5.91 Å². The van der Waals surface area contributed by atoms with E-state index in [0.717, 1.165) is 38.8 Å². The van der Waals surface area contributed by atoms with Gasteiger partial charge in [-0.15, -0.1) is 0 Å². The first-order valence-corrected chi connectivity index (χ1v) is 12.3. The maximum absolute atomic E-state index is 11.6. The van der Waals surface area contributed by atoms with Crippen LogP contribution in [0.3, 0.4) is 0 Å². The van der Waals surface area contributed by atoms with Crippen LogP contribution in [0.15, 0.2) is 0 Å². The Balaban J connectivity index is 1.74. The highest BCUT2D eigenvalue weighted by Crippen LogP contribution is 2.15. The predicted molar refractivity (Wildman–Crippen MR) is 118 cm³/mol. The van der Waals surface area contributed by atoms with Crippen LogP contribution >= 0.6 is 0 Å². The average Bonchev–Trinajstić information content (AvgIpc) is 3.08. The predicted octanol–water partition coefficient (Wildman–Crippen LogP) is 6.59. The van der Waals surface area contributed by atoms with Crippen LogP contribution in [0.4, 0.5) is 0 Å². The van der Waals surface area contributed by atoms with Gasteiger partial charge in [0.25, 0.3) is 0 Å². The van der Waals surface area contributed by atoms with Crippen molar-refractivity contribution in [2.75, 3.05) is 13.1 Å². The molecule has 0 spiro atoms. The zero-order valence-corrected chi connectivity index (χ0v) is 18.4. The first kappa shape index (κ1) is 24.5. The van der Waals surface area contributed by atoms with Gasteiger partial charge in [-0.1, -0.05) is 103 Å². The molecule has 0 aliphatic carbocycles. The van der Waals surface area contributed by atoms with E-state index < -0.39 is 0 Å². The topological polar surface area (TPSA) is 46.3 Å². The normalized spacial score (nSPS) is 15.6. The molecule has 0 aromatic heterocycles. The molecule has 0 saturated carbocycles. The summed E-state index contributed by atoms with van der Waals surface area (Å²) in [7, 11) is 0. The Morgan fingerprint density at radius 3 is 1.70 bits per heavy atom. The standard InChI is InChI=1S/C24H48N2O/c1-2-3-4-5-6-7-8-9-10-11-12-13-14-15-16-18-23(25)20-22-26-21-17-19-24(26)27/h23H,2-22,25H2,1H3. The Bertz CT molecular complexity index is 345. The first-order valence-electron chi connectivity index (χ1n) is 12.3. The molecule has 0 aromatic rings. The molecule has 3 heteroatoms. The third-order valence-corrected chi connectivity index (χ3v) is 6.12. The minimum atomic E-state index is 0.278. The fourth-order valence-electron chi connectivity index (χ4n) is 4.18. The highest BCUT2D eigenvalue weighted by molar-refractivity contribution is 5.77. The third-order valence-electron chi connectivity index (χ3n) is 6.12. The smallest absolute Gasteiger partial charge is 0.222 e. The second kappa shape index (κ2) is 17.5. The second-order valence-electron chi connectivity index (χ2n) is 8.77. The van der Waals surface area contributed by atoms with Crippen LogP contribution in [0, 0.1) is 0 Å². The molecule has 0 aromatic carbocycles. The first-order chi connectivity index (χ1) is 13.2. The van der Waals surface area contributed by atoms with E-state index in [2.05, 4.69) is 6.92 Å². The molecule has 2 N–H and O–H groups in total. The average molecular weight is 381 g/mol. The summed E-state index contributed by atoms with van der Waals surface area (Å²) < 4.78 is 0. The van der Waals surface area contributed by atoms with Crippen molar-refractivity contribution >= 4 is 5.91 Å². The molecule has 160 valence electrons. The zero-order chi connectivity index (χ0) is 19.6. The maximum Gasteiger partial charge on any atom is 0.222 e. The van der Waals surface area contributed by atoms with Gasteiger partial charge in [0.1, 0.15) is 0 Å². The number of unbranched alkanes of at least 4 members (excludes halogenated alkanes) is 14. The summed E-state index contributed by atoms with van der Waals surface area (Å²) in [5, 5.41) is 0. The number of carbonyl (C=O) groups is 1. The number of rotatable bonds is 19. The molecule has 0 bridgehead atoms. The van der Waals surface area contributed by atoms with Gasteiger partial charge in [-0.3, -0.25) is 4.79 Å². The van der Waals surface area contributed by atoms with Crippen molar-refractivity contribution in [3.63, 3.8) is 0 Å². The molecule has 1 atom stereocenters. The number of nitrogens with two attached hydrogens (primary N) is 1. The largest absolute Gasteiger partial charge is 0.343 e. The molecule has 27 heavy (non-hydrogen) atoms. The molecule has 1 heterocycles. The highest BCUT2D eigenvalue weighted by atomic mass is 16.2. The summed E-state index contributed by atoms with van der Waals surface area (Å²) in [6, 6.07) is 0.278. The quantitative estimate of drug-likeness (QED) is 0.257. The molecule has 1 saturated heterocycles. The van der Waals surface area contributed by atoms with Gasteiger partial charge in [0.15, 0.2) is 0 Å². The molecule has 0 radical (unpaired) electrons. The van der Waals surface area contributed by atoms with Gasteiger partial charge >= 0.3 is 0 Å². The van der Waals surface area contributed by atoms with Crippen LogP contribution in [0.1, 0.15) is 129 Å². The number of hydrogen-bond acceptors (Lipinski definition) is 2. The lowest BCUT2D eigenvalue weighted by molar-refractivity contribution is -0.127. The summed E-state index contributed by atoms with van der Waals surface area (Å²) in [6.45, 7) is 4.11. The summed E-state index contributed by atoms with van der Waals surface area (Å²) in [6.07, 6.45) is 25.0. The molecule has 1 rings (SSSR count). The van der Waals surface area contributed by atoms with Crippen LogP contribution in [0.5, 0.6) is 0 Å². The van der Waals surface area contributed by atoms with E-state index in [1.807, 2.05) is 4.90 Å². The number of carbonyl (C=O) groups excluding carboxylic acids is 1. The Morgan fingerprint density at radius 1 is 0.778 bits per heavy atom. The fourth-order valence-corrected chi connectivity index (χ4v) is 4.18. The van der Waals surface area contributed by atoms with Crippen molar-refractivity contribution in [1.29, 1.82) is 0 Å². The van der Waals surface area contributed by atoms with Crippen molar-refractivity contribution in [2.24, 2.45) is 5.73 Å². The summed E-state index contributed by atoms with van der Waals surface area (Å²) in [5.74, 6) is 0.328. The number of amides is 1. The minimum absolute atomic E-state index is 0.278. The number of nitrogens with zero attached hydrogens (tertiary/aromatic N) is 1. The Morgan fingerprint density at radius 2 is 1.26 bits per heavy atom. The Labute approximate surface area is 169 Å². The summed E-state index contributed by atoms with van der Waals surface area (Å²) >= 11 is 0. The monoisotopic (exact) mass is 380 g/mol. The summed E-state index contributed by atoms with van der Waals surface area (Å²) in [5.41, 5.74) is 6.21. The lowest BCUT2D eigenvalue weighted by atomic mass is 10.0. The van der Waals surface area contributed by atoms with Crippen molar-refractivity contribution < 1.29 is 4.79 Å². The molecular formula is C24H48N2O. The summed E-state index contributed by atoms with van der Waals surface area (Å²) in [4.78, 5) is 13.6. The lowest BCUT2D eigenvalue weighted by Gasteiger charge is -2.18. The second-order valence-corrected chi connectivity index (χ2v) is 8.77. The van der Waals surface area contributed by atoms with E-state index in [4.69, 9.17) is 5.73 Å². The van der Waals surface area contributed by atoms with Gasteiger partial charge < -0.3 is 10.6 Å².